The molecule has 0 saturated heterocycles. The number of anilines is 2. The number of carboxylic acids is 1. The van der Waals surface area contributed by atoms with E-state index in [1.54, 1.807) is 30.3 Å². The molecule has 0 bridgehead atoms. The Labute approximate surface area is 154 Å². The lowest BCUT2D eigenvalue weighted by molar-refractivity contribution is -0.254. The minimum atomic E-state index is -1.44. The lowest BCUT2D eigenvalue weighted by Gasteiger charge is -2.14. The second-order valence-electron chi connectivity index (χ2n) is 6.11. The lowest BCUT2D eigenvalue weighted by atomic mass is 10.00. The zero-order chi connectivity index (χ0) is 19.1. The van der Waals surface area contributed by atoms with E-state index in [1.165, 1.54) is 18.2 Å². The molecule has 0 saturated carbocycles. The van der Waals surface area contributed by atoms with Crippen LogP contribution >= 0.6 is 0 Å². The average Bonchev–Trinajstić information content (AvgIpc) is 2.96. The predicted molar refractivity (Wildman–Crippen MR) is 98.4 cm³/mol. The number of hydrogen-bond donors (Lipinski definition) is 2. The first-order valence-corrected chi connectivity index (χ1v) is 8.17. The molecule has 6 nitrogen and oxygen atoms in total. The molecule has 1 aliphatic rings. The van der Waals surface area contributed by atoms with Crippen molar-refractivity contribution >= 4 is 29.0 Å². The second kappa shape index (κ2) is 6.10. The molecule has 6 heteroatoms. The maximum Gasteiger partial charge on any atom is 0.256 e. The minimum Gasteiger partial charge on any atom is -0.545 e. The Morgan fingerprint density at radius 2 is 1.44 bits per heavy atom. The van der Waals surface area contributed by atoms with Crippen molar-refractivity contribution in [1.29, 1.82) is 0 Å². The van der Waals surface area contributed by atoms with Crippen molar-refractivity contribution in [3.05, 3.63) is 82.9 Å². The van der Waals surface area contributed by atoms with Crippen molar-refractivity contribution in [2.75, 3.05) is 11.1 Å². The molecule has 0 aromatic heterocycles. The largest absolute Gasteiger partial charge is 0.545 e. The van der Waals surface area contributed by atoms with Crippen LogP contribution in [0.25, 0.3) is 11.1 Å². The standard InChI is InChI=1S/C21H14N2O4/c22-18-15(21(26)27)9-4-10-16(18)23-20(25)14-8-3-7-12-11-5-1-2-6-13(11)19(24)17(12)14/h1-10H,22H2,(H,23,25)(H,26,27)/p-1. The molecule has 0 unspecified atom stereocenters. The average molecular weight is 357 g/mol. The van der Waals surface area contributed by atoms with Gasteiger partial charge in [-0.05, 0) is 23.3 Å². The fraction of sp³-hybridized carbons (Fsp3) is 0. The zero-order valence-corrected chi connectivity index (χ0v) is 14.0. The molecule has 0 heterocycles. The number of rotatable bonds is 3. The highest BCUT2D eigenvalue weighted by atomic mass is 16.4. The first kappa shape index (κ1) is 16.5. The molecule has 0 fully saturated rings. The van der Waals surface area contributed by atoms with E-state index < -0.39 is 11.9 Å². The van der Waals surface area contributed by atoms with E-state index in [0.717, 1.165) is 5.56 Å². The summed E-state index contributed by atoms with van der Waals surface area (Å²) >= 11 is 0. The van der Waals surface area contributed by atoms with Crippen LogP contribution in [0.3, 0.4) is 0 Å². The predicted octanol–water partition coefficient (Wildman–Crippen LogP) is 2.10. The van der Waals surface area contributed by atoms with Crippen LogP contribution in [0.15, 0.2) is 60.7 Å². The summed E-state index contributed by atoms with van der Waals surface area (Å²) in [7, 11) is 0. The van der Waals surface area contributed by atoms with Gasteiger partial charge in [-0.15, -0.1) is 0 Å². The topological polar surface area (TPSA) is 112 Å². The van der Waals surface area contributed by atoms with Crippen LogP contribution in [0.5, 0.6) is 0 Å². The number of carbonyl (C=O) groups excluding carboxylic acids is 3. The molecule has 132 valence electrons. The highest BCUT2D eigenvalue weighted by molar-refractivity contribution is 6.27. The SMILES string of the molecule is Nc1c(NC(=O)c2cccc3c2C(=O)c2ccccc2-3)cccc1C(=O)[O-]. The second-order valence-corrected chi connectivity index (χ2v) is 6.11. The highest BCUT2D eigenvalue weighted by Gasteiger charge is 2.30. The van der Waals surface area contributed by atoms with Crippen molar-refractivity contribution < 1.29 is 19.5 Å². The van der Waals surface area contributed by atoms with Gasteiger partial charge in [-0.25, -0.2) is 0 Å². The summed E-state index contributed by atoms with van der Waals surface area (Å²) in [5, 5.41) is 13.7. The number of carbonyl (C=O) groups is 3. The van der Waals surface area contributed by atoms with Crippen LogP contribution in [0.2, 0.25) is 0 Å². The van der Waals surface area contributed by atoms with Crippen LogP contribution in [-0.4, -0.2) is 17.7 Å². The Balaban J connectivity index is 1.75. The van der Waals surface area contributed by atoms with Gasteiger partial charge in [-0.3, -0.25) is 9.59 Å². The number of benzene rings is 3. The molecule has 3 aromatic carbocycles. The smallest absolute Gasteiger partial charge is 0.256 e. The summed E-state index contributed by atoms with van der Waals surface area (Å²) in [6, 6.07) is 16.4. The molecule has 4 rings (SSSR count). The molecular weight excluding hydrogens is 344 g/mol. The third-order valence-corrected chi connectivity index (χ3v) is 4.57. The number of amides is 1. The summed E-state index contributed by atoms with van der Waals surface area (Å²) in [6.07, 6.45) is 0. The highest BCUT2D eigenvalue weighted by Crippen LogP contribution is 2.38. The lowest BCUT2D eigenvalue weighted by Crippen LogP contribution is -2.24. The maximum atomic E-state index is 12.8. The van der Waals surface area contributed by atoms with Gasteiger partial charge in [0.2, 0.25) is 0 Å². The van der Waals surface area contributed by atoms with E-state index in [9.17, 15) is 19.5 Å². The first-order chi connectivity index (χ1) is 13.0. The van der Waals surface area contributed by atoms with Crippen molar-refractivity contribution in [1.82, 2.24) is 0 Å². The van der Waals surface area contributed by atoms with Gasteiger partial charge in [-0.1, -0.05) is 48.5 Å². The molecule has 3 N–H and O–H groups in total. The molecule has 0 spiro atoms. The maximum absolute atomic E-state index is 12.8. The van der Waals surface area contributed by atoms with Crippen molar-refractivity contribution in [2.24, 2.45) is 0 Å². The van der Waals surface area contributed by atoms with Gasteiger partial charge in [0.1, 0.15) is 0 Å². The molecular formula is C21H13N2O4-. The third-order valence-electron chi connectivity index (χ3n) is 4.57. The zero-order valence-electron chi connectivity index (χ0n) is 14.0. The number of nitrogens with two attached hydrogens (primary N) is 1. The van der Waals surface area contributed by atoms with Gasteiger partial charge in [0, 0.05) is 16.7 Å². The molecule has 27 heavy (non-hydrogen) atoms. The first-order valence-electron chi connectivity index (χ1n) is 8.17. The van der Waals surface area contributed by atoms with Gasteiger partial charge in [0.05, 0.1) is 22.9 Å². The van der Waals surface area contributed by atoms with Crippen LogP contribution in [0.4, 0.5) is 11.4 Å². The molecule has 1 amide bonds. The number of nitrogens with one attached hydrogen (secondary N) is 1. The quantitative estimate of drug-likeness (QED) is 0.545. The Morgan fingerprint density at radius 1 is 0.815 bits per heavy atom. The summed E-state index contributed by atoms with van der Waals surface area (Å²) in [4.78, 5) is 36.7. The van der Waals surface area contributed by atoms with Crippen LogP contribution in [0, 0.1) is 0 Å². The molecule has 3 aromatic rings. The Morgan fingerprint density at radius 3 is 2.19 bits per heavy atom. The normalized spacial score (nSPS) is 11.6. The van der Waals surface area contributed by atoms with Crippen LogP contribution < -0.4 is 16.2 Å². The fourth-order valence-corrected chi connectivity index (χ4v) is 3.30. The van der Waals surface area contributed by atoms with Crippen LogP contribution in [0.1, 0.15) is 36.6 Å². The van der Waals surface area contributed by atoms with Crippen LogP contribution in [-0.2, 0) is 0 Å². The fourth-order valence-electron chi connectivity index (χ4n) is 3.30. The summed E-state index contributed by atoms with van der Waals surface area (Å²) in [5.41, 5.74) is 8.19. The molecule has 1 aliphatic carbocycles. The summed E-state index contributed by atoms with van der Waals surface area (Å²) in [6.45, 7) is 0. The molecule has 0 aliphatic heterocycles. The number of para-hydroxylation sites is 1. The van der Waals surface area contributed by atoms with Gasteiger partial charge < -0.3 is 21.0 Å². The number of carboxylic acid groups (broad SMARTS) is 1. The van der Waals surface area contributed by atoms with Crippen molar-refractivity contribution in [3.63, 3.8) is 0 Å². The number of aromatic carboxylic acids is 1. The Kier molecular flexibility index (Phi) is 3.74. The summed E-state index contributed by atoms with van der Waals surface area (Å²) < 4.78 is 0. The van der Waals surface area contributed by atoms with Crippen molar-refractivity contribution in [2.45, 2.75) is 0 Å². The van der Waals surface area contributed by atoms with E-state index in [1.807, 2.05) is 12.1 Å². The van der Waals surface area contributed by atoms with E-state index in [2.05, 4.69) is 5.32 Å². The van der Waals surface area contributed by atoms with E-state index in [-0.39, 0.29) is 28.3 Å². The number of fused-ring (bicyclic) bond motifs is 3. The molecule has 0 atom stereocenters. The van der Waals surface area contributed by atoms with Gasteiger partial charge in [0.15, 0.2) is 5.78 Å². The van der Waals surface area contributed by atoms with E-state index >= 15 is 0 Å². The van der Waals surface area contributed by atoms with Crippen molar-refractivity contribution in [3.8, 4) is 11.1 Å². The third kappa shape index (κ3) is 2.55. The van der Waals surface area contributed by atoms with Gasteiger partial charge in [-0.2, -0.15) is 0 Å². The van der Waals surface area contributed by atoms with E-state index in [4.69, 9.17) is 5.73 Å². The number of hydrogen-bond acceptors (Lipinski definition) is 5. The van der Waals surface area contributed by atoms with Gasteiger partial charge >= 0.3 is 0 Å². The Hall–Kier alpha value is -3.93. The van der Waals surface area contributed by atoms with Gasteiger partial charge in [0.25, 0.3) is 5.91 Å². The monoisotopic (exact) mass is 357 g/mol. The molecule has 0 radical (unpaired) electrons. The Bertz CT molecular complexity index is 1130. The van der Waals surface area contributed by atoms with E-state index in [0.29, 0.717) is 16.7 Å². The minimum absolute atomic E-state index is 0.104. The number of ketones is 1. The summed E-state index contributed by atoms with van der Waals surface area (Å²) in [5.74, 6) is -2.20. The number of nitrogen functional groups attached to an aromatic ring is 1.